The normalized spacial score (nSPS) is 19.3. The molecule has 104 valence electrons. The average molecular weight is 328 g/mol. The van der Waals surface area contributed by atoms with Crippen LogP contribution in [0.2, 0.25) is 0 Å². The van der Waals surface area contributed by atoms with E-state index in [-0.39, 0.29) is 12.0 Å². The van der Waals surface area contributed by atoms with E-state index in [0.29, 0.717) is 19.6 Å². The van der Waals surface area contributed by atoms with Crippen molar-refractivity contribution >= 4 is 21.8 Å². The molecule has 0 unspecified atom stereocenters. The zero-order valence-electron chi connectivity index (χ0n) is 10.7. The van der Waals surface area contributed by atoms with Gasteiger partial charge in [-0.05, 0) is 31.0 Å². The molecule has 1 atom stereocenters. The number of hydrogen-bond acceptors (Lipinski definition) is 3. The van der Waals surface area contributed by atoms with E-state index in [2.05, 4.69) is 15.9 Å². The Bertz CT molecular complexity index is 438. The van der Waals surface area contributed by atoms with Crippen molar-refractivity contribution in [1.82, 2.24) is 4.90 Å². The number of hydrogen-bond donors (Lipinski definition) is 1. The molecule has 1 aromatic rings. The molecule has 0 saturated carbocycles. The molecule has 1 aliphatic rings. The van der Waals surface area contributed by atoms with Gasteiger partial charge < -0.3 is 14.7 Å². The van der Waals surface area contributed by atoms with Crippen LogP contribution in [0.25, 0.3) is 0 Å². The van der Waals surface area contributed by atoms with Crippen LogP contribution in [-0.2, 0) is 4.79 Å². The van der Waals surface area contributed by atoms with E-state index in [0.717, 1.165) is 29.6 Å². The second-order valence-electron chi connectivity index (χ2n) is 4.69. The van der Waals surface area contributed by atoms with E-state index in [1.807, 2.05) is 24.3 Å². The number of amides is 1. The Kier molecular flexibility index (Phi) is 5.22. The van der Waals surface area contributed by atoms with Crippen LogP contribution in [0.4, 0.5) is 0 Å². The van der Waals surface area contributed by atoms with Gasteiger partial charge >= 0.3 is 0 Å². The van der Waals surface area contributed by atoms with E-state index in [1.165, 1.54) is 0 Å². The number of β-amino-alcohol motifs (C(OH)–C–C–N with tert-alkyl or cyclic N) is 1. The number of ether oxygens (including phenoxy) is 1. The summed E-state index contributed by atoms with van der Waals surface area (Å²) in [4.78, 5) is 13.6. The standard InChI is InChI=1S/C14H18BrNO3/c15-11-3-1-5-13(9-11)19-8-6-14(18)16-7-2-4-12(17)10-16/h1,3,5,9,12,17H,2,4,6-8,10H2/t12-/m1/s1. The second-order valence-corrected chi connectivity index (χ2v) is 5.61. The Labute approximate surface area is 121 Å². The Balaban J connectivity index is 1.74. The molecule has 1 aliphatic heterocycles. The van der Waals surface area contributed by atoms with Gasteiger partial charge in [-0.3, -0.25) is 4.79 Å². The monoisotopic (exact) mass is 327 g/mol. The van der Waals surface area contributed by atoms with Crippen LogP contribution in [0.3, 0.4) is 0 Å². The molecule has 0 radical (unpaired) electrons. The summed E-state index contributed by atoms with van der Waals surface area (Å²) in [7, 11) is 0. The number of carbonyl (C=O) groups is 1. The number of aliphatic hydroxyl groups excluding tert-OH is 1. The van der Waals surface area contributed by atoms with E-state index in [1.54, 1.807) is 4.90 Å². The first-order valence-corrected chi connectivity index (χ1v) is 7.28. The van der Waals surface area contributed by atoms with Crippen molar-refractivity contribution in [3.05, 3.63) is 28.7 Å². The fraction of sp³-hybridized carbons (Fsp3) is 0.500. The molecule has 1 aromatic carbocycles. The summed E-state index contributed by atoms with van der Waals surface area (Å²) in [6, 6.07) is 7.55. The maximum atomic E-state index is 11.9. The minimum absolute atomic E-state index is 0.0498. The first-order chi connectivity index (χ1) is 9.15. The molecule has 1 N–H and O–H groups in total. The molecular weight excluding hydrogens is 310 g/mol. The van der Waals surface area contributed by atoms with Gasteiger partial charge in [0.15, 0.2) is 0 Å². The number of likely N-dealkylation sites (tertiary alicyclic amines) is 1. The lowest BCUT2D eigenvalue weighted by Crippen LogP contribution is -2.42. The van der Waals surface area contributed by atoms with Gasteiger partial charge in [0.05, 0.1) is 19.1 Å². The highest BCUT2D eigenvalue weighted by atomic mass is 79.9. The average Bonchev–Trinajstić information content (AvgIpc) is 2.38. The van der Waals surface area contributed by atoms with Crippen molar-refractivity contribution in [2.45, 2.75) is 25.4 Å². The number of benzene rings is 1. The van der Waals surface area contributed by atoms with Crippen molar-refractivity contribution < 1.29 is 14.6 Å². The Morgan fingerprint density at radius 2 is 2.37 bits per heavy atom. The fourth-order valence-corrected chi connectivity index (χ4v) is 2.53. The summed E-state index contributed by atoms with van der Waals surface area (Å²) in [5.74, 6) is 0.801. The molecule has 0 spiro atoms. The van der Waals surface area contributed by atoms with Crippen LogP contribution in [0.15, 0.2) is 28.7 Å². The summed E-state index contributed by atoms with van der Waals surface area (Å²) >= 11 is 3.37. The van der Waals surface area contributed by atoms with Gasteiger partial charge in [0.1, 0.15) is 5.75 Å². The first-order valence-electron chi connectivity index (χ1n) is 6.49. The highest BCUT2D eigenvalue weighted by Gasteiger charge is 2.21. The molecule has 5 heteroatoms. The molecule has 4 nitrogen and oxygen atoms in total. The minimum atomic E-state index is -0.372. The lowest BCUT2D eigenvalue weighted by Gasteiger charge is -2.30. The predicted molar refractivity (Wildman–Crippen MR) is 76.1 cm³/mol. The zero-order chi connectivity index (χ0) is 13.7. The molecule has 0 aromatic heterocycles. The lowest BCUT2D eigenvalue weighted by molar-refractivity contribution is -0.134. The third-order valence-electron chi connectivity index (χ3n) is 3.13. The van der Waals surface area contributed by atoms with Gasteiger partial charge in [-0.15, -0.1) is 0 Å². The molecule has 0 aliphatic carbocycles. The smallest absolute Gasteiger partial charge is 0.226 e. The second kappa shape index (κ2) is 6.91. The number of carbonyl (C=O) groups excluding carboxylic acids is 1. The maximum absolute atomic E-state index is 11.9. The summed E-state index contributed by atoms with van der Waals surface area (Å²) in [5, 5.41) is 9.53. The molecule has 1 amide bonds. The van der Waals surface area contributed by atoms with Crippen LogP contribution >= 0.6 is 15.9 Å². The number of halogens is 1. The van der Waals surface area contributed by atoms with Gasteiger partial charge in [0, 0.05) is 17.6 Å². The van der Waals surface area contributed by atoms with E-state index >= 15 is 0 Å². The number of piperidine rings is 1. The van der Waals surface area contributed by atoms with Crippen LogP contribution in [0.5, 0.6) is 5.75 Å². The highest BCUT2D eigenvalue weighted by Crippen LogP contribution is 2.18. The molecular formula is C14H18BrNO3. The van der Waals surface area contributed by atoms with Gasteiger partial charge in [-0.25, -0.2) is 0 Å². The minimum Gasteiger partial charge on any atom is -0.493 e. The van der Waals surface area contributed by atoms with Gasteiger partial charge in [0.25, 0.3) is 0 Å². The van der Waals surface area contributed by atoms with Gasteiger partial charge in [-0.2, -0.15) is 0 Å². The summed E-state index contributed by atoms with van der Waals surface area (Å²) < 4.78 is 6.49. The van der Waals surface area contributed by atoms with Crippen molar-refractivity contribution in [3.8, 4) is 5.75 Å². The lowest BCUT2D eigenvalue weighted by atomic mass is 10.1. The summed E-state index contributed by atoms with van der Waals surface area (Å²) in [5.41, 5.74) is 0. The SMILES string of the molecule is O=C(CCOc1cccc(Br)c1)N1CCC[C@@H](O)C1. The van der Waals surface area contributed by atoms with E-state index in [9.17, 15) is 9.90 Å². The number of rotatable bonds is 4. The van der Waals surface area contributed by atoms with E-state index < -0.39 is 0 Å². The van der Waals surface area contributed by atoms with Crippen molar-refractivity contribution in [1.29, 1.82) is 0 Å². The predicted octanol–water partition coefficient (Wildman–Crippen LogP) is 2.20. The third kappa shape index (κ3) is 4.51. The Hall–Kier alpha value is -1.07. The van der Waals surface area contributed by atoms with Crippen LogP contribution < -0.4 is 4.74 Å². The fourth-order valence-electron chi connectivity index (χ4n) is 2.15. The van der Waals surface area contributed by atoms with E-state index in [4.69, 9.17) is 4.74 Å². The summed E-state index contributed by atoms with van der Waals surface area (Å²) in [6.07, 6.45) is 1.64. The van der Waals surface area contributed by atoms with Gasteiger partial charge in [0.2, 0.25) is 5.91 Å². The largest absolute Gasteiger partial charge is 0.493 e. The molecule has 2 rings (SSSR count). The third-order valence-corrected chi connectivity index (χ3v) is 3.62. The number of nitrogens with zero attached hydrogens (tertiary/aromatic N) is 1. The van der Waals surface area contributed by atoms with Crippen molar-refractivity contribution in [2.75, 3.05) is 19.7 Å². The molecule has 1 fully saturated rings. The Morgan fingerprint density at radius 1 is 1.53 bits per heavy atom. The molecule has 1 saturated heterocycles. The molecule has 19 heavy (non-hydrogen) atoms. The molecule has 0 bridgehead atoms. The van der Waals surface area contributed by atoms with Crippen LogP contribution in [0.1, 0.15) is 19.3 Å². The maximum Gasteiger partial charge on any atom is 0.226 e. The van der Waals surface area contributed by atoms with Crippen LogP contribution in [0, 0.1) is 0 Å². The first kappa shape index (κ1) is 14.3. The van der Waals surface area contributed by atoms with Crippen LogP contribution in [-0.4, -0.2) is 41.7 Å². The number of aliphatic hydroxyl groups is 1. The molecule has 1 heterocycles. The van der Waals surface area contributed by atoms with Crippen molar-refractivity contribution in [2.24, 2.45) is 0 Å². The topological polar surface area (TPSA) is 49.8 Å². The van der Waals surface area contributed by atoms with Gasteiger partial charge in [-0.1, -0.05) is 22.0 Å². The Morgan fingerprint density at radius 3 is 3.11 bits per heavy atom. The zero-order valence-corrected chi connectivity index (χ0v) is 12.3. The van der Waals surface area contributed by atoms with Crippen molar-refractivity contribution in [3.63, 3.8) is 0 Å². The quantitative estimate of drug-likeness (QED) is 0.922. The summed E-state index contributed by atoms with van der Waals surface area (Å²) in [6.45, 7) is 1.56. The highest BCUT2D eigenvalue weighted by molar-refractivity contribution is 9.10.